The van der Waals surface area contributed by atoms with Crippen LogP contribution in [0.5, 0.6) is 0 Å². The highest BCUT2D eigenvalue weighted by Gasteiger charge is 2.26. The number of carbonyl (C=O) groups excluding carboxylic acids is 1. The Morgan fingerprint density at radius 3 is 2.80 bits per heavy atom. The quantitative estimate of drug-likeness (QED) is 0.309. The molecule has 10 heteroatoms. The number of aromatic amines is 1. The smallest absolute Gasteiger partial charge is 0.410 e. The summed E-state index contributed by atoms with van der Waals surface area (Å²) in [6.45, 7) is 9.30. The molecular weight excluding hydrogens is 504 g/mol. The van der Waals surface area contributed by atoms with Gasteiger partial charge in [0, 0.05) is 36.2 Å². The summed E-state index contributed by atoms with van der Waals surface area (Å²) in [5.41, 5.74) is 7.89. The summed E-state index contributed by atoms with van der Waals surface area (Å²) in [6, 6.07) is 16.2. The minimum absolute atomic E-state index is 0.277. The van der Waals surface area contributed by atoms with Gasteiger partial charge in [0.15, 0.2) is 5.65 Å². The number of carbonyl (C=O) groups is 1. The van der Waals surface area contributed by atoms with Gasteiger partial charge in [-0.3, -0.25) is 4.98 Å². The van der Waals surface area contributed by atoms with Gasteiger partial charge in [0.2, 0.25) is 0 Å². The maximum absolute atomic E-state index is 12.6. The molecule has 0 atom stereocenters. The van der Waals surface area contributed by atoms with E-state index >= 15 is 0 Å². The van der Waals surface area contributed by atoms with Crippen LogP contribution in [0.4, 0.5) is 10.5 Å². The number of hydrogen-bond donors (Lipinski definition) is 2. The van der Waals surface area contributed by atoms with Gasteiger partial charge in [-0.05, 0) is 81.6 Å². The molecule has 1 amide bonds. The van der Waals surface area contributed by atoms with Crippen molar-refractivity contribution in [2.24, 2.45) is 0 Å². The van der Waals surface area contributed by atoms with Crippen molar-refractivity contribution in [3.05, 3.63) is 83.7 Å². The maximum Gasteiger partial charge on any atom is 0.410 e. The van der Waals surface area contributed by atoms with Crippen molar-refractivity contribution in [2.45, 2.75) is 52.8 Å². The lowest BCUT2D eigenvalue weighted by atomic mass is 9.99. The van der Waals surface area contributed by atoms with Crippen LogP contribution in [-0.4, -0.2) is 52.7 Å². The van der Waals surface area contributed by atoms with E-state index in [9.17, 15) is 4.79 Å². The van der Waals surface area contributed by atoms with Crippen LogP contribution in [0.3, 0.4) is 0 Å². The molecule has 2 N–H and O–H groups in total. The Hall–Kier alpha value is -4.73. The standard InChI is InChI=1S/C30H32N8O2/c1-19-6-5-7-24(34-19)28-27(21-9-11-26-32-18-33-38(26)17-21)35-25(36-28)15-31-23-10-8-20-12-13-37(16-22(20)14-23)29(39)40-30(2,3)4/h5-11,14,17-18,31H,12-13,15-16H2,1-4H3,(H,35,36). The van der Waals surface area contributed by atoms with Crippen LogP contribution in [-0.2, 0) is 24.2 Å². The first-order valence-corrected chi connectivity index (χ1v) is 13.4. The van der Waals surface area contributed by atoms with Crippen molar-refractivity contribution in [2.75, 3.05) is 11.9 Å². The molecule has 204 valence electrons. The Balaban J connectivity index is 1.24. The van der Waals surface area contributed by atoms with Crippen LogP contribution >= 0.6 is 0 Å². The van der Waals surface area contributed by atoms with Gasteiger partial charge in [-0.15, -0.1) is 0 Å². The van der Waals surface area contributed by atoms with E-state index in [1.807, 2.05) is 64.2 Å². The highest BCUT2D eigenvalue weighted by Crippen LogP contribution is 2.30. The second-order valence-electron chi connectivity index (χ2n) is 11.0. The molecule has 40 heavy (non-hydrogen) atoms. The summed E-state index contributed by atoms with van der Waals surface area (Å²) in [5.74, 6) is 0.778. The fourth-order valence-electron chi connectivity index (χ4n) is 4.88. The Bertz CT molecular complexity index is 1700. The van der Waals surface area contributed by atoms with Gasteiger partial charge in [0.25, 0.3) is 0 Å². The molecule has 0 aliphatic carbocycles. The molecular formula is C30H32N8O2. The highest BCUT2D eigenvalue weighted by molar-refractivity contribution is 5.77. The van der Waals surface area contributed by atoms with Crippen molar-refractivity contribution in [1.82, 2.24) is 34.4 Å². The summed E-state index contributed by atoms with van der Waals surface area (Å²) in [5, 5.41) is 7.78. The van der Waals surface area contributed by atoms with E-state index in [2.05, 4.69) is 38.6 Å². The average molecular weight is 537 g/mol. The molecule has 0 saturated carbocycles. The third kappa shape index (κ3) is 5.38. The zero-order valence-corrected chi connectivity index (χ0v) is 23.1. The molecule has 0 unspecified atom stereocenters. The van der Waals surface area contributed by atoms with E-state index in [0.717, 1.165) is 57.5 Å². The first-order chi connectivity index (χ1) is 19.2. The van der Waals surface area contributed by atoms with Crippen LogP contribution in [0.2, 0.25) is 0 Å². The van der Waals surface area contributed by atoms with Crippen LogP contribution in [0.15, 0.2) is 61.1 Å². The molecule has 1 aliphatic heterocycles. The predicted octanol–water partition coefficient (Wildman–Crippen LogP) is 5.40. The van der Waals surface area contributed by atoms with Crippen LogP contribution in [0, 0.1) is 6.92 Å². The van der Waals surface area contributed by atoms with E-state index < -0.39 is 5.60 Å². The number of H-pyrrole nitrogens is 1. The summed E-state index contributed by atoms with van der Waals surface area (Å²) >= 11 is 0. The van der Waals surface area contributed by atoms with Gasteiger partial charge in [-0.25, -0.2) is 19.3 Å². The molecule has 4 aromatic heterocycles. The van der Waals surface area contributed by atoms with Gasteiger partial charge < -0.3 is 19.9 Å². The summed E-state index contributed by atoms with van der Waals surface area (Å²) in [7, 11) is 0. The molecule has 5 aromatic rings. The summed E-state index contributed by atoms with van der Waals surface area (Å²) in [6.07, 6.45) is 4.00. The molecule has 0 fully saturated rings. The largest absolute Gasteiger partial charge is 0.444 e. The zero-order valence-electron chi connectivity index (χ0n) is 23.1. The van der Waals surface area contributed by atoms with E-state index in [0.29, 0.717) is 19.6 Å². The van der Waals surface area contributed by atoms with E-state index in [1.54, 1.807) is 9.42 Å². The topological polar surface area (TPSA) is 113 Å². The summed E-state index contributed by atoms with van der Waals surface area (Å²) < 4.78 is 7.33. The molecule has 0 spiro atoms. The molecule has 10 nitrogen and oxygen atoms in total. The van der Waals surface area contributed by atoms with E-state index in [1.165, 1.54) is 11.9 Å². The fourth-order valence-corrected chi connectivity index (χ4v) is 4.88. The molecule has 1 aromatic carbocycles. The number of benzene rings is 1. The fraction of sp³-hybridized carbons (Fsp3) is 0.300. The number of hydrogen-bond acceptors (Lipinski definition) is 7. The van der Waals surface area contributed by atoms with Crippen LogP contribution < -0.4 is 5.32 Å². The zero-order chi connectivity index (χ0) is 27.9. The summed E-state index contributed by atoms with van der Waals surface area (Å²) in [4.78, 5) is 31.8. The van der Waals surface area contributed by atoms with Gasteiger partial charge in [0.05, 0.1) is 17.9 Å². The van der Waals surface area contributed by atoms with Crippen molar-refractivity contribution in [3.63, 3.8) is 0 Å². The first kappa shape index (κ1) is 25.5. The van der Waals surface area contributed by atoms with Gasteiger partial charge in [0.1, 0.15) is 23.4 Å². The number of aryl methyl sites for hydroxylation is 1. The number of fused-ring (bicyclic) bond motifs is 2. The minimum atomic E-state index is -0.517. The lowest BCUT2D eigenvalue weighted by Gasteiger charge is -2.31. The SMILES string of the molecule is Cc1cccc(-c2nc(CNc3ccc4c(c3)CN(C(=O)OC(C)(C)C)CC4)[nH]c2-c2ccc3ncnn3c2)n1. The van der Waals surface area contributed by atoms with Crippen molar-refractivity contribution in [1.29, 1.82) is 0 Å². The lowest BCUT2D eigenvalue weighted by molar-refractivity contribution is 0.0224. The Kier molecular flexibility index (Phi) is 6.45. The number of rotatable bonds is 5. The third-order valence-electron chi connectivity index (χ3n) is 6.78. The number of amides is 1. The number of nitrogens with zero attached hydrogens (tertiary/aromatic N) is 6. The van der Waals surface area contributed by atoms with Crippen LogP contribution in [0.25, 0.3) is 28.3 Å². The lowest BCUT2D eigenvalue weighted by Crippen LogP contribution is -2.39. The molecule has 1 aliphatic rings. The predicted molar refractivity (Wildman–Crippen MR) is 153 cm³/mol. The molecule has 0 saturated heterocycles. The maximum atomic E-state index is 12.6. The first-order valence-electron chi connectivity index (χ1n) is 13.4. The van der Waals surface area contributed by atoms with E-state index in [4.69, 9.17) is 14.7 Å². The number of ether oxygens (including phenoxy) is 1. The minimum Gasteiger partial charge on any atom is -0.444 e. The monoisotopic (exact) mass is 536 g/mol. The van der Waals surface area contributed by atoms with Gasteiger partial charge in [-0.1, -0.05) is 12.1 Å². The van der Waals surface area contributed by atoms with Crippen molar-refractivity contribution < 1.29 is 9.53 Å². The molecule has 5 heterocycles. The third-order valence-corrected chi connectivity index (χ3v) is 6.78. The number of nitrogens with one attached hydrogen (secondary N) is 2. The second kappa shape index (κ2) is 10.1. The second-order valence-corrected chi connectivity index (χ2v) is 11.0. The van der Waals surface area contributed by atoms with Gasteiger partial charge in [-0.2, -0.15) is 5.10 Å². The highest BCUT2D eigenvalue weighted by atomic mass is 16.6. The number of aromatic nitrogens is 6. The normalized spacial score (nSPS) is 13.3. The number of pyridine rings is 2. The average Bonchev–Trinajstić information content (AvgIpc) is 3.57. The van der Waals surface area contributed by atoms with Crippen molar-refractivity contribution in [3.8, 4) is 22.6 Å². The molecule has 6 rings (SSSR count). The van der Waals surface area contributed by atoms with E-state index in [-0.39, 0.29) is 6.09 Å². The van der Waals surface area contributed by atoms with Gasteiger partial charge >= 0.3 is 6.09 Å². The Morgan fingerprint density at radius 1 is 1.10 bits per heavy atom. The number of anilines is 1. The Morgan fingerprint density at radius 2 is 1.98 bits per heavy atom. The Labute approximate surface area is 232 Å². The van der Waals surface area contributed by atoms with Crippen molar-refractivity contribution >= 4 is 17.4 Å². The van der Waals surface area contributed by atoms with Crippen LogP contribution in [0.1, 0.15) is 43.4 Å². The molecule has 0 radical (unpaired) electrons. The molecule has 0 bridgehead atoms. The number of imidazole rings is 1.